The molecule has 118 valence electrons. The zero-order valence-corrected chi connectivity index (χ0v) is 13.8. The van der Waals surface area contributed by atoms with Crippen molar-refractivity contribution in [3.8, 4) is 0 Å². The molecule has 0 saturated carbocycles. The Morgan fingerprint density at radius 3 is 2.62 bits per heavy atom. The number of hydrogen-bond donors (Lipinski definition) is 1. The predicted octanol–water partition coefficient (Wildman–Crippen LogP) is 2.53. The lowest BCUT2D eigenvalue weighted by molar-refractivity contribution is -0.126. The van der Waals surface area contributed by atoms with Crippen LogP contribution in [0.2, 0.25) is 0 Å². The first-order chi connectivity index (χ1) is 9.97. The van der Waals surface area contributed by atoms with Gasteiger partial charge in [-0.1, -0.05) is 24.3 Å². The molecule has 1 amide bonds. The molecular weight excluding hydrogens is 264 g/mol. The number of nitrogens with one attached hydrogen (secondary N) is 1. The topological polar surface area (TPSA) is 41.6 Å². The van der Waals surface area contributed by atoms with Crippen molar-refractivity contribution < 1.29 is 9.53 Å². The molecule has 21 heavy (non-hydrogen) atoms. The van der Waals surface area contributed by atoms with Crippen molar-refractivity contribution in [3.05, 3.63) is 35.4 Å². The SMILES string of the molecule is COCCCN(C)C(C)C(=O)NC(C)c1ccccc1C. The molecule has 1 N–H and O–H groups in total. The minimum absolute atomic E-state index is 0.0218. The maximum absolute atomic E-state index is 12.3. The molecule has 4 heteroatoms. The van der Waals surface area contributed by atoms with E-state index in [1.54, 1.807) is 7.11 Å². The lowest BCUT2D eigenvalue weighted by Gasteiger charge is -2.26. The first kappa shape index (κ1) is 17.7. The molecular formula is C17H28N2O2. The highest BCUT2D eigenvalue weighted by molar-refractivity contribution is 5.81. The van der Waals surface area contributed by atoms with E-state index in [1.165, 1.54) is 11.1 Å². The fourth-order valence-electron chi connectivity index (χ4n) is 2.34. The van der Waals surface area contributed by atoms with Crippen LogP contribution in [-0.4, -0.2) is 44.2 Å². The van der Waals surface area contributed by atoms with Gasteiger partial charge in [0.1, 0.15) is 0 Å². The van der Waals surface area contributed by atoms with E-state index in [4.69, 9.17) is 4.74 Å². The second kappa shape index (κ2) is 8.80. The van der Waals surface area contributed by atoms with Crippen molar-refractivity contribution in [2.45, 2.75) is 39.3 Å². The van der Waals surface area contributed by atoms with E-state index >= 15 is 0 Å². The molecule has 0 fully saturated rings. The normalized spacial score (nSPS) is 14.0. The van der Waals surface area contributed by atoms with Gasteiger partial charge in [-0.2, -0.15) is 0 Å². The van der Waals surface area contributed by atoms with Crippen LogP contribution < -0.4 is 5.32 Å². The number of amides is 1. The Balaban J connectivity index is 2.53. The van der Waals surface area contributed by atoms with Gasteiger partial charge in [-0.15, -0.1) is 0 Å². The van der Waals surface area contributed by atoms with Crippen LogP contribution in [0.5, 0.6) is 0 Å². The van der Waals surface area contributed by atoms with Crippen molar-refractivity contribution >= 4 is 5.91 Å². The highest BCUT2D eigenvalue weighted by atomic mass is 16.5. The predicted molar refractivity (Wildman–Crippen MR) is 86.3 cm³/mol. The number of hydrogen-bond acceptors (Lipinski definition) is 3. The quantitative estimate of drug-likeness (QED) is 0.749. The standard InChI is InChI=1S/C17H28N2O2/c1-13-9-6-7-10-16(13)14(2)18-17(20)15(3)19(4)11-8-12-21-5/h6-7,9-10,14-15H,8,11-12H2,1-5H3,(H,18,20). The van der Waals surface area contributed by atoms with E-state index in [-0.39, 0.29) is 18.0 Å². The Morgan fingerprint density at radius 2 is 2.00 bits per heavy atom. The third-order valence-corrected chi connectivity index (χ3v) is 3.91. The number of nitrogens with zero attached hydrogens (tertiary/aromatic N) is 1. The van der Waals surface area contributed by atoms with E-state index in [1.807, 2.05) is 33.0 Å². The number of methoxy groups -OCH3 is 1. The van der Waals surface area contributed by atoms with Crippen LogP contribution in [0.4, 0.5) is 0 Å². The highest BCUT2D eigenvalue weighted by Gasteiger charge is 2.20. The molecule has 2 unspecified atom stereocenters. The summed E-state index contributed by atoms with van der Waals surface area (Å²) in [5, 5.41) is 3.10. The van der Waals surface area contributed by atoms with Crippen LogP contribution in [0, 0.1) is 6.92 Å². The molecule has 1 aromatic rings. The lowest BCUT2D eigenvalue weighted by Crippen LogP contribution is -2.44. The molecule has 0 radical (unpaired) electrons. The summed E-state index contributed by atoms with van der Waals surface area (Å²) in [6, 6.07) is 8.03. The zero-order chi connectivity index (χ0) is 15.8. The summed E-state index contributed by atoms with van der Waals surface area (Å²) < 4.78 is 5.04. The molecule has 4 nitrogen and oxygen atoms in total. The highest BCUT2D eigenvalue weighted by Crippen LogP contribution is 2.16. The van der Waals surface area contributed by atoms with Crippen molar-refractivity contribution in [1.82, 2.24) is 10.2 Å². The van der Waals surface area contributed by atoms with Gasteiger partial charge in [0.25, 0.3) is 0 Å². The maximum Gasteiger partial charge on any atom is 0.237 e. The first-order valence-electron chi connectivity index (χ1n) is 7.52. The Kier molecular flexibility index (Phi) is 7.40. The smallest absolute Gasteiger partial charge is 0.237 e. The number of aryl methyl sites for hydroxylation is 1. The van der Waals surface area contributed by atoms with Crippen LogP contribution in [0.1, 0.15) is 37.4 Å². The van der Waals surface area contributed by atoms with Gasteiger partial charge in [0.05, 0.1) is 12.1 Å². The molecule has 1 rings (SSSR count). The van der Waals surface area contributed by atoms with Crippen LogP contribution >= 0.6 is 0 Å². The molecule has 0 aromatic heterocycles. The molecule has 0 bridgehead atoms. The third kappa shape index (κ3) is 5.48. The summed E-state index contributed by atoms with van der Waals surface area (Å²) in [7, 11) is 3.67. The summed E-state index contributed by atoms with van der Waals surface area (Å²) >= 11 is 0. The van der Waals surface area contributed by atoms with Gasteiger partial charge in [-0.3, -0.25) is 9.69 Å². The van der Waals surface area contributed by atoms with Crippen LogP contribution in [0.15, 0.2) is 24.3 Å². The van der Waals surface area contributed by atoms with Crippen LogP contribution in [0.25, 0.3) is 0 Å². The molecule has 0 aliphatic heterocycles. The second-order valence-corrected chi connectivity index (χ2v) is 5.59. The molecule has 0 heterocycles. The molecule has 0 spiro atoms. The number of likely N-dealkylation sites (N-methyl/N-ethyl adjacent to an activating group) is 1. The number of carbonyl (C=O) groups is 1. The maximum atomic E-state index is 12.3. The van der Waals surface area contributed by atoms with Gasteiger partial charge >= 0.3 is 0 Å². The van der Waals surface area contributed by atoms with Gasteiger partial charge in [-0.05, 0) is 45.4 Å². The Labute approximate surface area is 128 Å². The molecule has 1 aromatic carbocycles. The minimum Gasteiger partial charge on any atom is -0.385 e. The molecule has 0 aliphatic rings. The van der Waals surface area contributed by atoms with Crippen LogP contribution in [0.3, 0.4) is 0 Å². The Morgan fingerprint density at radius 1 is 1.33 bits per heavy atom. The van der Waals surface area contributed by atoms with Gasteiger partial charge in [0, 0.05) is 20.3 Å². The van der Waals surface area contributed by atoms with E-state index < -0.39 is 0 Å². The van der Waals surface area contributed by atoms with Crippen molar-refractivity contribution in [3.63, 3.8) is 0 Å². The van der Waals surface area contributed by atoms with Crippen molar-refractivity contribution in [2.24, 2.45) is 0 Å². The van der Waals surface area contributed by atoms with Gasteiger partial charge in [0.2, 0.25) is 5.91 Å². The summed E-state index contributed by atoms with van der Waals surface area (Å²) in [5.41, 5.74) is 2.37. The van der Waals surface area contributed by atoms with E-state index in [0.717, 1.165) is 19.6 Å². The largest absolute Gasteiger partial charge is 0.385 e. The fraction of sp³-hybridized carbons (Fsp3) is 0.588. The Bertz CT molecular complexity index is 448. The number of benzene rings is 1. The van der Waals surface area contributed by atoms with E-state index in [2.05, 4.69) is 29.3 Å². The van der Waals surface area contributed by atoms with Crippen molar-refractivity contribution in [2.75, 3.05) is 27.3 Å². The van der Waals surface area contributed by atoms with Crippen molar-refractivity contribution in [1.29, 1.82) is 0 Å². The number of carbonyl (C=O) groups excluding carboxylic acids is 1. The van der Waals surface area contributed by atoms with Gasteiger partial charge in [0.15, 0.2) is 0 Å². The van der Waals surface area contributed by atoms with E-state index in [9.17, 15) is 4.79 Å². The summed E-state index contributed by atoms with van der Waals surface area (Å²) in [4.78, 5) is 14.4. The second-order valence-electron chi connectivity index (χ2n) is 5.59. The summed E-state index contributed by atoms with van der Waals surface area (Å²) in [6.45, 7) is 7.60. The third-order valence-electron chi connectivity index (χ3n) is 3.91. The first-order valence-corrected chi connectivity index (χ1v) is 7.52. The van der Waals surface area contributed by atoms with Gasteiger partial charge in [-0.25, -0.2) is 0 Å². The number of rotatable bonds is 8. The van der Waals surface area contributed by atoms with Gasteiger partial charge < -0.3 is 10.1 Å². The van der Waals surface area contributed by atoms with E-state index in [0.29, 0.717) is 0 Å². The summed E-state index contributed by atoms with van der Waals surface area (Å²) in [6.07, 6.45) is 0.929. The average molecular weight is 292 g/mol. The molecule has 0 aliphatic carbocycles. The Hall–Kier alpha value is -1.39. The zero-order valence-electron chi connectivity index (χ0n) is 13.8. The summed E-state index contributed by atoms with van der Waals surface area (Å²) in [5.74, 6) is 0.0608. The minimum atomic E-state index is -0.145. The fourth-order valence-corrected chi connectivity index (χ4v) is 2.34. The monoisotopic (exact) mass is 292 g/mol. The van der Waals surface area contributed by atoms with Crippen LogP contribution in [-0.2, 0) is 9.53 Å². The average Bonchev–Trinajstić information content (AvgIpc) is 2.46. The lowest BCUT2D eigenvalue weighted by atomic mass is 10.0. The molecule has 2 atom stereocenters. The molecule has 0 saturated heterocycles. The number of ether oxygens (including phenoxy) is 1.